The second-order valence-electron chi connectivity index (χ2n) is 3.79. The molecule has 0 bridgehead atoms. The van der Waals surface area contributed by atoms with Crippen LogP contribution in [0.1, 0.15) is 0 Å². The summed E-state index contributed by atoms with van der Waals surface area (Å²) in [5, 5.41) is 3.77. The normalized spacial score (nSPS) is 10.6. The molecule has 0 amide bonds. The molecule has 1 aromatic carbocycles. The highest BCUT2D eigenvalue weighted by molar-refractivity contribution is 5.58. The molecule has 6 heteroatoms. The van der Waals surface area contributed by atoms with Crippen LogP contribution in [-0.4, -0.2) is 15.1 Å². The van der Waals surface area contributed by atoms with Crippen molar-refractivity contribution in [2.75, 3.05) is 0 Å². The molecule has 0 aliphatic carbocycles. The van der Waals surface area contributed by atoms with Gasteiger partial charge < -0.3 is 4.52 Å². The van der Waals surface area contributed by atoms with Gasteiger partial charge in [0.1, 0.15) is 0 Å². The monoisotopic (exact) mass is 259 g/mol. The number of nitrogens with zero attached hydrogens (tertiary/aromatic N) is 3. The van der Waals surface area contributed by atoms with Crippen LogP contribution in [0.25, 0.3) is 22.8 Å². The largest absolute Gasteiger partial charge is 0.334 e. The Morgan fingerprint density at radius 3 is 2.63 bits per heavy atom. The number of hydrogen-bond donors (Lipinski definition) is 0. The molecule has 0 fully saturated rings. The van der Waals surface area contributed by atoms with Crippen molar-refractivity contribution in [3.63, 3.8) is 0 Å². The average Bonchev–Trinajstić information content (AvgIpc) is 2.93. The zero-order valence-electron chi connectivity index (χ0n) is 9.55. The standard InChI is InChI=1S/C13H7F2N3O/c14-10-4-3-8(6-11(10)15)13-17-12(18-19-13)9-2-1-5-16-7-9/h1-7H. The number of aromatic nitrogens is 3. The number of halogens is 2. The minimum Gasteiger partial charge on any atom is -0.334 e. The molecule has 0 N–H and O–H groups in total. The molecule has 2 aromatic heterocycles. The van der Waals surface area contributed by atoms with Gasteiger partial charge in [-0.05, 0) is 30.3 Å². The maximum Gasteiger partial charge on any atom is 0.258 e. The van der Waals surface area contributed by atoms with Gasteiger partial charge >= 0.3 is 0 Å². The van der Waals surface area contributed by atoms with E-state index in [0.717, 1.165) is 12.1 Å². The molecule has 0 atom stereocenters. The Morgan fingerprint density at radius 1 is 1.00 bits per heavy atom. The van der Waals surface area contributed by atoms with Gasteiger partial charge in [-0.25, -0.2) is 8.78 Å². The van der Waals surface area contributed by atoms with Crippen molar-refractivity contribution < 1.29 is 13.3 Å². The second kappa shape index (κ2) is 4.56. The lowest BCUT2D eigenvalue weighted by Gasteiger charge is -1.95. The van der Waals surface area contributed by atoms with Gasteiger partial charge in [-0.2, -0.15) is 4.98 Å². The zero-order valence-corrected chi connectivity index (χ0v) is 9.55. The third kappa shape index (κ3) is 2.20. The molecule has 19 heavy (non-hydrogen) atoms. The van der Waals surface area contributed by atoms with Gasteiger partial charge in [0.05, 0.1) is 0 Å². The summed E-state index contributed by atoms with van der Waals surface area (Å²) in [6.45, 7) is 0. The van der Waals surface area contributed by atoms with E-state index < -0.39 is 11.6 Å². The molecule has 4 nitrogen and oxygen atoms in total. The van der Waals surface area contributed by atoms with E-state index in [1.165, 1.54) is 6.07 Å². The van der Waals surface area contributed by atoms with Crippen LogP contribution in [0.2, 0.25) is 0 Å². The number of hydrogen-bond acceptors (Lipinski definition) is 4. The zero-order chi connectivity index (χ0) is 13.2. The van der Waals surface area contributed by atoms with Gasteiger partial charge in [-0.1, -0.05) is 5.16 Å². The number of pyridine rings is 1. The van der Waals surface area contributed by atoms with E-state index in [9.17, 15) is 8.78 Å². The van der Waals surface area contributed by atoms with E-state index in [-0.39, 0.29) is 5.89 Å². The summed E-state index contributed by atoms with van der Waals surface area (Å²) in [5.74, 6) is -1.42. The Morgan fingerprint density at radius 2 is 1.89 bits per heavy atom. The molecule has 0 aliphatic rings. The summed E-state index contributed by atoms with van der Waals surface area (Å²) in [5.41, 5.74) is 1.00. The maximum absolute atomic E-state index is 13.1. The molecule has 0 spiro atoms. The molecule has 0 radical (unpaired) electrons. The van der Waals surface area contributed by atoms with Gasteiger partial charge in [-0.3, -0.25) is 4.98 Å². The van der Waals surface area contributed by atoms with E-state index in [1.54, 1.807) is 24.5 Å². The van der Waals surface area contributed by atoms with Crippen molar-refractivity contribution in [1.29, 1.82) is 0 Å². The Hall–Kier alpha value is -2.63. The van der Waals surface area contributed by atoms with Crippen LogP contribution in [0.4, 0.5) is 8.78 Å². The van der Waals surface area contributed by atoms with E-state index >= 15 is 0 Å². The van der Waals surface area contributed by atoms with Crippen molar-refractivity contribution in [3.05, 3.63) is 54.4 Å². The van der Waals surface area contributed by atoms with Crippen LogP contribution >= 0.6 is 0 Å². The first-order valence-electron chi connectivity index (χ1n) is 5.43. The van der Waals surface area contributed by atoms with Crippen LogP contribution in [0.3, 0.4) is 0 Å². The lowest BCUT2D eigenvalue weighted by atomic mass is 10.2. The van der Waals surface area contributed by atoms with Crippen LogP contribution in [0.5, 0.6) is 0 Å². The van der Waals surface area contributed by atoms with Gasteiger partial charge in [0.2, 0.25) is 5.82 Å². The summed E-state index contributed by atoms with van der Waals surface area (Å²) in [4.78, 5) is 8.05. The molecule has 3 aromatic rings. The SMILES string of the molecule is Fc1ccc(-c2nc(-c3cccnc3)no2)cc1F. The van der Waals surface area contributed by atoms with Crippen LogP contribution in [0.15, 0.2) is 47.2 Å². The van der Waals surface area contributed by atoms with E-state index in [0.29, 0.717) is 17.0 Å². The quantitative estimate of drug-likeness (QED) is 0.709. The van der Waals surface area contributed by atoms with E-state index in [1.807, 2.05) is 0 Å². The summed E-state index contributed by atoms with van der Waals surface area (Å²) in [7, 11) is 0. The molecule has 0 saturated carbocycles. The molecular formula is C13H7F2N3O. The Bertz CT molecular complexity index is 713. The molecule has 0 unspecified atom stereocenters. The third-order valence-corrected chi connectivity index (χ3v) is 2.51. The summed E-state index contributed by atoms with van der Waals surface area (Å²) in [6.07, 6.45) is 3.21. The molecule has 2 heterocycles. The molecule has 3 rings (SSSR count). The minimum absolute atomic E-state index is 0.123. The fraction of sp³-hybridized carbons (Fsp3) is 0. The third-order valence-electron chi connectivity index (χ3n) is 2.51. The molecule has 0 saturated heterocycles. The van der Waals surface area contributed by atoms with Crippen molar-refractivity contribution in [2.45, 2.75) is 0 Å². The fourth-order valence-corrected chi connectivity index (χ4v) is 1.58. The Labute approximate surface area is 106 Å². The minimum atomic E-state index is -0.960. The first kappa shape index (κ1) is 11.5. The van der Waals surface area contributed by atoms with Crippen LogP contribution in [0, 0.1) is 11.6 Å². The van der Waals surface area contributed by atoms with Crippen LogP contribution in [-0.2, 0) is 0 Å². The first-order valence-corrected chi connectivity index (χ1v) is 5.43. The van der Waals surface area contributed by atoms with Gasteiger partial charge in [0.15, 0.2) is 11.6 Å². The van der Waals surface area contributed by atoms with Crippen molar-refractivity contribution in [3.8, 4) is 22.8 Å². The Balaban J connectivity index is 1.99. The van der Waals surface area contributed by atoms with Crippen molar-refractivity contribution in [1.82, 2.24) is 15.1 Å². The predicted octanol–water partition coefficient (Wildman–Crippen LogP) is 3.08. The topological polar surface area (TPSA) is 51.8 Å². The van der Waals surface area contributed by atoms with E-state index in [4.69, 9.17) is 4.52 Å². The fourth-order valence-electron chi connectivity index (χ4n) is 1.58. The van der Waals surface area contributed by atoms with Crippen molar-refractivity contribution in [2.24, 2.45) is 0 Å². The summed E-state index contributed by atoms with van der Waals surface area (Å²) < 4.78 is 31.0. The second-order valence-corrected chi connectivity index (χ2v) is 3.79. The summed E-state index contributed by atoms with van der Waals surface area (Å²) in [6, 6.07) is 6.91. The molecular weight excluding hydrogens is 252 g/mol. The maximum atomic E-state index is 13.1. The highest BCUT2D eigenvalue weighted by Crippen LogP contribution is 2.22. The van der Waals surface area contributed by atoms with E-state index in [2.05, 4.69) is 15.1 Å². The highest BCUT2D eigenvalue weighted by Gasteiger charge is 2.12. The lowest BCUT2D eigenvalue weighted by molar-refractivity contribution is 0.431. The van der Waals surface area contributed by atoms with Gasteiger partial charge in [0.25, 0.3) is 5.89 Å². The first-order chi connectivity index (χ1) is 9.24. The average molecular weight is 259 g/mol. The lowest BCUT2D eigenvalue weighted by Crippen LogP contribution is -1.86. The molecule has 0 aliphatic heterocycles. The number of benzene rings is 1. The van der Waals surface area contributed by atoms with Crippen molar-refractivity contribution >= 4 is 0 Å². The predicted molar refractivity (Wildman–Crippen MR) is 62.9 cm³/mol. The van der Waals surface area contributed by atoms with Gasteiger partial charge in [-0.15, -0.1) is 0 Å². The number of rotatable bonds is 2. The van der Waals surface area contributed by atoms with Gasteiger partial charge in [0, 0.05) is 23.5 Å². The van der Waals surface area contributed by atoms with Crippen LogP contribution < -0.4 is 0 Å². The smallest absolute Gasteiger partial charge is 0.258 e. The molecule has 94 valence electrons. The summed E-state index contributed by atoms with van der Waals surface area (Å²) >= 11 is 0. The highest BCUT2D eigenvalue weighted by atomic mass is 19.2. The Kier molecular flexibility index (Phi) is 2.75.